The van der Waals surface area contributed by atoms with Crippen molar-refractivity contribution < 1.29 is 19.1 Å². The Hall–Kier alpha value is -2.57. The molecule has 106 valence electrons. The fourth-order valence-electron chi connectivity index (χ4n) is 1.87. The Bertz CT molecular complexity index is 642. The first kappa shape index (κ1) is 13.9. The fraction of sp³-hybridized carbons (Fsp3) is 0.308. The van der Waals surface area contributed by atoms with E-state index in [-0.39, 0.29) is 11.5 Å². The summed E-state index contributed by atoms with van der Waals surface area (Å²) >= 11 is 0. The van der Waals surface area contributed by atoms with Crippen molar-refractivity contribution in [2.45, 2.75) is 19.9 Å². The molecule has 1 amide bonds. The largest absolute Gasteiger partial charge is 0.475 e. The lowest BCUT2D eigenvalue weighted by Gasteiger charge is -2.02. The normalized spacial score (nSPS) is 10.5. The van der Waals surface area contributed by atoms with Crippen molar-refractivity contribution in [3.63, 3.8) is 0 Å². The van der Waals surface area contributed by atoms with E-state index in [9.17, 15) is 9.59 Å². The van der Waals surface area contributed by atoms with Crippen molar-refractivity contribution in [1.29, 1.82) is 0 Å². The quantitative estimate of drug-likeness (QED) is 0.856. The number of hydrogen-bond donors (Lipinski definition) is 2. The zero-order valence-corrected chi connectivity index (χ0v) is 11.2. The number of carbonyl (C=O) groups is 2. The molecule has 0 bridgehead atoms. The van der Waals surface area contributed by atoms with E-state index in [0.29, 0.717) is 6.54 Å². The van der Waals surface area contributed by atoms with Crippen LogP contribution in [0.3, 0.4) is 0 Å². The van der Waals surface area contributed by atoms with Gasteiger partial charge in [0.05, 0.1) is 5.69 Å². The molecule has 2 N–H and O–H groups in total. The average molecular weight is 277 g/mol. The van der Waals surface area contributed by atoms with Crippen molar-refractivity contribution in [2.75, 3.05) is 0 Å². The minimum absolute atomic E-state index is 0.0238. The number of carboxylic acid groups (broad SMARTS) is 1. The highest BCUT2D eigenvalue weighted by atomic mass is 16.4. The van der Waals surface area contributed by atoms with Gasteiger partial charge in [-0.25, -0.2) is 4.79 Å². The first-order chi connectivity index (χ1) is 9.51. The van der Waals surface area contributed by atoms with Gasteiger partial charge in [-0.1, -0.05) is 6.92 Å². The Balaban J connectivity index is 2.02. The average Bonchev–Trinajstić information content (AvgIpc) is 3.02. The number of aromatic nitrogens is 2. The summed E-state index contributed by atoms with van der Waals surface area (Å²) in [5.74, 6) is -1.94. The zero-order valence-electron chi connectivity index (χ0n) is 11.2. The van der Waals surface area contributed by atoms with Crippen LogP contribution in [0.2, 0.25) is 0 Å². The molecule has 2 aromatic rings. The third-order valence-corrected chi connectivity index (χ3v) is 2.81. The highest BCUT2D eigenvalue weighted by molar-refractivity contribution is 5.93. The van der Waals surface area contributed by atoms with Crippen LogP contribution in [-0.2, 0) is 20.0 Å². The van der Waals surface area contributed by atoms with Gasteiger partial charge in [0.2, 0.25) is 5.76 Å². The van der Waals surface area contributed by atoms with Gasteiger partial charge in [0.15, 0.2) is 5.76 Å². The van der Waals surface area contributed by atoms with Crippen LogP contribution < -0.4 is 5.32 Å². The van der Waals surface area contributed by atoms with Crippen LogP contribution in [0.15, 0.2) is 22.7 Å². The van der Waals surface area contributed by atoms with Crippen LogP contribution in [0.25, 0.3) is 0 Å². The molecule has 2 heterocycles. The maximum atomic E-state index is 11.8. The standard InChI is InChI=1S/C13H15N3O4/c1-3-9-8(7-16(2)15-9)6-14-12(17)10-4-5-11(20-10)13(18)19/h4-5,7H,3,6H2,1-2H3,(H,14,17)(H,18,19). The minimum atomic E-state index is -1.20. The highest BCUT2D eigenvalue weighted by Gasteiger charge is 2.15. The molecule has 7 heteroatoms. The molecule has 2 rings (SSSR count). The van der Waals surface area contributed by atoms with E-state index in [1.807, 2.05) is 20.2 Å². The molecular weight excluding hydrogens is 262 g/mol. The summed E-state index contributed by atoms with van der Waals surface area (Å²) in [6.45, 7) is 2.30. The maximum Gasteiger partial charge on any atom is 0.371 e. The monoisotopic (exact) mass is 277 g/mol. The van der Waals surface area contributed by atoms with Crippen molar-refractivity contribution in [3.05, 3.63) is 41.1 Å². The van der Waals surface area contributed by atoms with Gasteiger partial charge in [-0.15, -0.1) is 0 Å². The highest BCUT2D eigenvalue weighted by Crippen LogP contribution is 2.10. The van der Waals surface area contributed by atoms with Crippen molar-refractivity contribution in [1.82, 2.24) is 15.1 Å². The van der Waals surface area contributed by atoms with Crippen molar-refractivity contribution >= 4 is 11.9 Å². The molecule has 0 fully saturated rings. The summed E-state index contributed by atoms with van der Waals surface area (Å²) in [4.78, 5) is 22.5. The molecule has 0 atom stereocenters. The Morgan fingerprint density at radius 2 is 2.10 bits per heavy atom. The smallest absolute Gasteiger partial charge is 0.371 e. The number of aryl methyl sites for hydroxylation is 2. The number of hydrogen-bond acceptors (Lipinski definition) is 4. The summed E-state index contributed by atoms with van der Waals surface area (Å²) in [6.07, 6.45) is 2.61. The molecule has 0 aliphatic carbocycles. The number of carboxylic acids is 1. The molecule has 0 radical (unpaired) electrons. The Kier molecular flexibility index (Phi) is 3.88. The molecule has 0 saturated carbocycles. The SMILES string of the molecule is CCc1nn(C)cc1CNC(=O)c1ccc(C(=O)O)o1. The van der Waals surface area contributed by atoms with Gasteiger partial charge >= 0.3 is 5.97 Å². The number of rotatable bonds is 5. The Morgan fingerprint density at radius 1 is 1.40 bits per heavy atom. The van der Waals surface area contributed by atoms with Crippen molar-refractivity contribution in [3.8, 4) is 0 Å². The topological polar surface area (TPSA) is 97.4 Å². The van der Waals surface area contributed by atoms with Gasteiger partial charge in [0.25, 0.3) is 5.91 Å². The van der Waals surface area contributed by atoms with Gasteiger partial charge in [0, 0.05) is 25.4 Å². The van der Waals surface area contributed by atoms with Crippen LogP contribution in [0.5, 0.6) is 0 Å². The molecule has 2 aromatic heterocycles. The lowest BCUT2D eigenvalue weighted by molar-refractivity contribution is 0.0659. The number of nitrogens with zero attached hydrogens (tertiary/aromatic N) is 2. The summed E-state index contributed by atoms with van der Waals surface area (Å²) in [6, 6.07) is 2.58. The second-order valence-corrected chi connectivity index (χ2v) is 4.28. The zero-order chi connectivity index (χ0) is 14.7. The van der Waals surface area contributed by atoms with E-state index in [2.05, 4.69) is 10.4 Å². The third kappa shape index (κ3) is 2.87. The van der Waals surface area contributed by atoms with Crippen molar-refractivity contribution in [2.24, 2.45) is 7.05 Å². The molecule has 0 aromatic carbocycles. The van der Waals surface area contributed by atoms with Crippen LogP contribution in [0, 0.1) is 0 Å². The first-order valence-electron chi connectivity index (χ1n) is 6.14. The summed E-state index contributed by atoms with van der Waals surface area (Å²) < 4.78 is 6.61. The summed E-state index contributed by atoms with van der Waals surface area (Å²) in [5.41, 5.74) is 1.84. The van der Waals surface area contributed by atoms with Gasteiger partial charge in [-0.2, -0.15) is 5.10 Å². The predicted octanol–water partition coefficient (Wildman–Crippen LogP) is 1.20. The van der Waals surface area contributed by atoms with Gasteiger partial charge in [-0.3, -0.25) is 9.48 Å². The van der Waals surface area contributed by atoms with Gasteiger partial charge < -0.3 is 14.8 Å². The summed E-state index contributed by atoms with van der Waals surface area (Å²) in [7, 11) is 1.82. The third-order valence-electron chi connectivity index (χ3n) is 2.81. The first-order valence-corrected chi connectivity index (χ1v) is 6.14. The number of amides is 1. The van der Waals surface area contributed by atoms with E-state index < -0.39 is 11.9 Å². The molecule has 0 unspecified atom stereocenters. The number of nitrogens with one attached hydrogen (secondary N) is 1. The van der Waals surface area contributed by atoms with Crippen LogP contribution in [0.1, 0.15) is 39.3 Å². The molecule has 0 aliphatic heterocycles. The minimum Gasteiger partial charge on any atom is -0.475 e. The number of furan rings is 1. The second-order valence-electron chi connectivity index (χ2n) is 4.28. The maximum absolute atomic E-state index is 11.8. The van der Waals surface area contributed by atoms with E-state index in [1.54, 1.807) is 4.68 Å². The molecule has 0 saturated heterocycles. The van der Waals surface area contributed by atoms with Crippen LogP contribution in [-0.4, -0.2) is 26.8 Å². The van der Waals surface area contributed by atoms with E-state index in [1.165, 1.54) is 12.1 Å². The van der Waals surface area contributed by atoms with E-state index >= 15 is 0 Å². The van der Waals surface area contributed by atoms with Crippen LogP contribution in [0.4, 0.5) is 0 Å². The lowest BCUT2D eigenvalue weighted by Crippen LogP contribution is -2.22. The Morgan fingerprint density at radius 3 is 2.70 bits per heavy atom. The number of carbonyl (C=O) groups excluding carboxylic acids is 1. The molecule has 20 heavy (non-hydrogen) atoms. The van der Waals surface area contributed by atoms with E-state index in [4.69, 9.17) is 9.52 Å². The molecule has 0 aliphatic rings. The summed E-state index contributed by atoms with van der Waals surface area (Å²) in [5, 5.41) is 15.7. The lowest BCUT2D eigenvalue weighted by atomic mass is 10.2. The van der Waals surface area contributed by atoms with Gasteiger partial charge in [-0.05, 0) is 18.6 Å². The molecule has 7 nitrogen and oxygen atoms in total. The fourth-order valence-corrected chi connectivity index (χ4v) is 1.87. The predicted molar refractivity (Wildman–Crippen MR) is 69.4 cm³/mol. The second kappa shape index (κ2) is 5.60. The molecule has 0 spiro atoms. The van der Waals surface area contributed by atoms with Gasteiger partial charge in [0.1, 0.15) is 0 Å². The Labute approximate surface area is 115 Å². The van der Waals surface area contributed by atoms with E-state index in [0.717, 1.165) is 17.7 Å². The van der Waals surface area contributed by atoms with Crippen LogP contribution >= 0.6 is 0 Å². The molecular formula is C13H15N3O4. The number of aromatic carboxylic acids is 1.